The molecule has 22 heavy (non-hydrogen) atoms. The highest BCUT2D eigenvalue weighted by Crippen LogP contribution is 2.36. The quantitative estimate of drug-likeness (QED) is 0.757. The Kier molecular flexibility index (Phi) is 4.41. The smallest absolute Gasteiger partial charge is 0.120 e. The number of hydrogen-bond donors (Lipinski definition) is 1. The molecule has 0 aliphatic heterocycles. The molecule has 4 heteroatoms. The predicted molar refractivity (Wildman–Crippen MR) is 92.8 cm³/mol. The van der Waals surface area contributed by atoms with Gasteiger partial charge in [-0.3, -0.25) is 0 Å². The van der Waals surface area contributed by atoms with E-state index in [4.69, 9.17) is 4.74 Å². The second kappa shape index (κ2) is 6.46. The van der Waals surface area contributed by atoms with Gasteiger partial charge in [-0.1, -0.05) is 30.0 Å². The summed E-state index contributed by atoms with van der Waals surface area (Å²) in [6, 6.07) is 14.7. The van der Waals surface area contributed by atoms with Crippen molar-refractivity contribution in [3.8, 4) is 5.75 Å². The molecular weight excluding hydrogens is 292 g/mol. The van der Waals surface area contributed by atoms with Gasteiger partial charge in [0, 0.05) is 34.0 Å². The zero-order chi connectivity index (χ0) is 15.5. The van der Waals surface area contributed by atoms with E-state index in [0.717, 1.165) is 17.8 Å². The summed E-state index contributed by atoms with van der Waals surface area (Å²) in [5, 5.41) is 1.23. The average molecular weight is 312 g/mol. The van der Waals surface area contributed by atoms with E-state index in [1.54, 1.807) is 7.11 Å². The molecule has 1 aromatic heterocycles. The molecule has 0 aliphatic carbocycles. The van der Waals surface area contributed by atoms with Crippen LogP contribution in [-0.4, -0.2) is 31.1 Å². The van der Waals surface area contributed by atoms with E-state index in [1.807, 2.05) is 23.9 Å². The van der Waals surface area contributed by atoms with Crippen molar-refractivity contribution < 1.29 is 4.74 Å². The molecule has 0 radical (unpaired) electrons. The lowest BCUT2D eigenvalue weighted by atomic mass is 10.2. The molecule has 1 heterocycles. The lowest BCUT2D eigenvalue weighted by Gasteiger charge is -2.13. The standard InChI is InChI=1S/C18H20N2OS/c1-20(2)12-13-6-4-5-7-17(13)22-18-11-19-16-10-14(21-3)8-9-15(16)18/h4-11,19H,12H2,1-3H3. The van der Waals surface area contributed by atoms with Crippen LogP contribution in [0.2, 0.25) is 0 Å². The zero-order valence-corrected chi connectivity index (χ0v) is 13.9. The molecule has 2 aromatic carbocycles. The van der Waals surface area contributed by atoms with Gasteiger partial charge in [-0.25, -0.2) is 0 Å². The summed E-state index contributed by atoms with van der Waals surface area (Å²) in [6.45, 7) is 0.944. The molecule has 3 rings (SSSR count). The van der Waals surface area contributed by atoms with E-state index >= 15 is 0 Å². The van der Waals surface area contributed by atoms with Crippen LogP contribution < -0.4 is 4.74 Å². The summed E-state index contributed by atoms with van der Waals surface area (Å²) in [7, 11) is 5.89. The first kappa shape index (κ1) is 15.0. The molecule has 0 amide bonds. The van der Waals surface area contributed by atoms with Crippen LogP contribution in [0.4, 0.5) is 0 Å². The maximum Gasteiger partial charge on any atom is 0.120 e. The fourth-order valence-corrected chi connectivity index (χ4v) is 3.54. The van der Waals surface area contributed by atoms with Crippen LogP contribution in [0, 0.1) is 0 Å². The first-order valence-corrected chi connectivity index (χ1v) is 8.04. The summed E-state index contributed by atoms with van der Waals surface area (Å²) in [6.07, 6.45) is 2.07. The molecule has 1 N–H and O–H groups in total. The van der Waals surface area contributed by atoms with Crippen molar-refractivity contribution in [2.45, 2.75) is 16.3 Å². The summed E-state index contributed by atoms with van der Waals surface area (Å²) in [5.41, 5.74) is 2.45. The molecule has 0 unspecified atom stereocenters. The Morgan fingerprint density at radius 3 is 2.68 bits per heavy atom. The van der Waals surface area contributed by atoms with Gasteiger partial charge < -0.3 is 14.6 Å². The van der Waals surface area contributed by atoms with Crippen molar-refractivity contribution >= 4 is 22.7 Å². The molecule has 0 fully saturated rings. The monoisotopic (exact) mass is 312 g/mol. The second-order valence-corrected chi connectivity index (χ2v) is 6.60. The van der Waals surface area contributed by atoms with Gasteiger partial charge in [-0.15, -0.1) is 0 Å². The number of rotatable bonds is 5. The molecule has 0 saturated carbocycles. The Labute approximate surface area is 135 Å². The molecular formula is C18H20N2OS. The number of methoxy groups -OCH3 is 1. The summed E-state index contributed by atoms with van der Waals surface area (Å²) in [5.74, 6) is 0.874. The summed E-state index contributed by atoms with van der Waals surface area (Å²) >= 11 is 1.81. The Bertz CT molecular complexity index is 780. The van der Waals surface area contributed by atoms with Gasteiger partial charge in [0.05, 0.1) is 12.6 Å². The van der Waals surface area contributed by atoms with Crippen LogP contribution in [0.25, 0.3) is 10.9 Å². The maximum atomic E-state index is 5.28. The number of nitrogens with zero attached hydrogens (tertiary/aromatic N) is 1. The Balaban J connectivity index is 1.93. The number of aromatic nitrogens is 1. The fraction of sp³-hybridized carbons (Fsp3) is 0.222. The largest absolute Gasteiger partial charge is 0.497 e. The topological polar surface area (TPSA) is 28.3 Å². The molecule has 0 aliphatic rings. The van der Waals surface area contributed by atoms with E-state index < -0.39 is 0 Å². The van der Waals surface area contributed by atoms with Crippen molar-refractivity contribution in [3.05, 3.63) is 54.2 Å². The molecule has 3 nitrogen and oxygen atoms in total. The van der Waals surface area contributed by atoms with Gasteiger partial charge in [0.25, 0.3) is 0 Å². The number of ether oxygens (including phenoxy) is 1. The Morgan fingerprint density at radius 2 is 1.91 bits per heavy atom. The van der Waals surface area contributed by atoms with Gasteiger partial charge in [0.2, 0.25) is 0 Å². The van der Waals surface area contributed by atoms with Gasteiger partial charge in [0.15, 0.2) is 0 Å². The maximum absolute atomic E-state index is 5.28. The SMILES string of the molecule is COc1ccc2c(Sc3ccccc3CN(C)C)c[nH]c2c1. The minimum atomic E-state index is 0.874. The third-order valence-electron chi connectivity index (χ3n) is 3.53. The van der Waals surface area contributed by atoms with E-state index in [-0.39, 0.29) is 0 Å². The Morgan fingerprint density at radius 1 is 1.09 bits per heavy atom. The van der Waals surface area contributed by atoms with Gasteiger partial charge in [0.1, 0.15) is 5.75 Å². The van der Waals surface area contributed by atoms with Crippen molar-refractivity contribution in [2.75, 3.05) is 21.2 Å². The number of aromatic amines is 1. The van der Waals surface area contributed by atoms with Crippen LogP contribution in [0.5, 0.6) is 5.75 Å². The third kappa shape index (κ3) is 3.13. The molecule has 3 aromatic rings. The molecule has 0 spiro atoms. The average Bonchev–Trinajstić information content (AvgIpc) is 2.91. The number of H-pyrrole nitrogens is 1. The first-order chi connectivity index (χ1) is 10.7. The van der Waals surface area contributed by atoms with Crippen LogP contribution in [0.3, 0.4) is 0 Å². The predicted octanol–water partition coefficient (Wildman–Crippen LogP) is 4.39. The van der Waals surface area contributed by atoms with Gasteiger partial charge >= 0.3 is 0 Å². The lowest BCUT2D eigenvalue weighted by Crippen LogP contribution is -2.11. The minimum Gasteiger partial charge on any atom is -0.497 e. The van der Waals surface area contributed by atoms with E-state index in [0.29, 0.717) is 0 Å². The summed E-state index contributed by atoms with van der Waals surface area (Å²) in [4.78, 5) is 8.06. The van der Waals surface area contributed by atoms with Crippen LogP contribution in [0.1, 0.15) is 5.56 Å². The van der Waals surface area contributed by atoms with Crippen LogP contribution >= 0.6 is 11.8 Å². The Hall–Kier alpha value is -1.91. The van der Waals surface area contributed by atoms with E-state index in [9.17, 15) is 0 Å². The zero-order valence-electron chi connectivity index (χ0n) is 13.1. The minimum absolute atomic E-state index is 0.874. The number of nitrogens with one attached hydrogen (secondary N) is 1. The number of hydrogen-bond acceptors (Lipinski definition) is 3. The second-order valence-electron chi connectivity index (χ2n) is 5.51. The molecule has 114 valence electrons. The van der Waals surface area contributed by atoms with Crippen LogP contribution in [-0.2, 0) is 6.54 Å². The van der Waals surface area contributed by atoms with Gasteiger partial charge in [-0.05, 0) is 37.9 Å². The lowest BCUT2D eigenvalue weighted by molar-refractivity contribution is 0.399. The highest BCUT2D eigenvalue weighted by Gasteiger charge is 2.09. The van der Waals surface area contributed by atoms with E-state index in [2.05, 4.69) is 60.5 Å². The highest BCUT2D eigenvalue weighted by atomic mass is 32.2. The van der Waals surface area contributed by atoms with Crippen molar-refractivity contribution in [1.29, 1.82) is 0 Å². The molecule has 0 atom stereocenters. The van der Waals surface area contributed by atoms with E-state index in [1.165, 1.54) is 20.7 Å². The third-order valence-corrected chi connectivity index (χ3v) is 4.71. The van der Waals surface area contributed by atoms with Crippen molar-refractivity contribution in [1.82, 2.24) is 9.88 Å². The molecule has 0 bridgehead atoms. The highest BCUT2D eigenvalue weighted by molar-refractivity contribution is 7.99. The summed E-state index contributed by atoms with van der Waals surface area (Å²) < 4.78 is 5.28. The van der Waals surface area contributed by atoms with Crippen LogP contribution in [0.15, 0.2) is 58.5 Å². The number of fused-ring (bicyclic) bond motifs is 1. The van der Waals surface area contributed by atoms with Crippen molar-refractivity contribution in [3.63, 3.8) is 0 Å². The normalized spacial score (nSPS) is 11.3. The fourth-order valence-electron chi connectivity index (χ4n) is 2.48. The van der Waals surface area contributed by atoms with Crippen molar-refractivity contribution in [2.24, 2.45) is 0 Å². The van der Waals surface area contributed by atoms with Gasteiger partial charge in [-0.2, -0.15) is 0 Å². The number of benzene rings is 2. The first-order valence-electron chi connectivity index (χ1n) is 7.23. The molecule has 0 saturated heterocycles.